The van der Waals surface area contributed by atoms with Crippen LogP contribution in [0.5, 0.6) is 0 Å². The van der Waals surface area contributed by atoms with Crippen LogP contribution in [0.2, 0.25) is 0 Å². The Bertz CT molecular complexity index is 641. The van der Waals surface area contributed by atoms with Crippen molar-refractivity contribution in [3.63, 3.8) is 0 Å². The van der Waals surface area contributed by atoms with Gasteiger partial charge in [0.1, 0.15) is 0 Å². The van der Waals surface area contributed by atoms with E-state index in [1.165, 1.54) is 6.92 Å². The van der Waals surface area contributed by atoms with Gasteiger partial charge in [-0.1, -0.05) is 36.4 Å². The van der Waals surface area contributed by atoms with Crippen molar-refractivity contribution in [1.82, 2.24) is 0 Å². The van der Waals surface area contributed by atoms with Gasteiger partial charge in [0.15, 0.2) is 6.04 Å². The molecule has 0 aliphatic rings. The van der Waals surface area contributed by atoms with Gasteiger partial charge in [-0.25, -0.2) is 4.79 Å². The molecule has 0 aliphatic carbocycles. The first kappa shape index (κ1) is 14.6. The summed E-state index contributed by atoms with van der Waals surface area (Å²) in [6.45, 7) is 1.42. The van der Waals surface area contributed by atoms with Crippen molar-refractivity contribution in [2.45, 2.75) is 13.0 Å². The van der Waals surface area contributed by atoms with E-state index in [1.54, 1.807) is 48.5 Å². The lowest BCUT2D eigenvalue weighted by molar-refractivity contribution is -0.138. The third-order valence-corrected chi connectivity index (χ3v) is 2.87. The molecule has 0 aromatic heterocycles. The molecule has 0 heterocycles. The third kappa shape index (κ3) is 4.07. The number of carboxylic acids is 1. The fourth-order valence-electron chi connectivity index (χ4n) is 1.99. The minimum atomic E-state index is -0.967. The van der Waals surface area contributed by atoms with Crippen LogP contribution in [0.1, 0.15) is 18.5 Å². The van der Waals surface area contributed by atoms with Crippen molar-refractivity contribution >= 4 is 23.3 Å². The molecule has 2 aromatic rings. The van der Waals surface area contributed by atoms with E-state index in [4.69, 9.17) is 0 Å². The molecule has 0 aliphatic heterocycles. The number of carboxylic acid groups (broad SMARTS) is 1. The quantitative estimate of drug-likeness (QED) is 0.789. The number of benzene rings is 2. The number of hydrogen-bond donors (Lipinski definition) is 3. The number of aliphatic carboxylic acids is 1. The van der Waals surface area contributed by atoms with Gasteiger partial charge in [0.25, 0.3) is 0 Å². The molecule has 0 fully saturated rings. The summed E-state index contributed by atoms with van der Waals surface area (Å²) >= 11 is 0. The molecule has 1 unspecified atom stereocenters. The standard InChI is InChI=1S/C16H16N2O3/c1-11(19)17-13-8-5-9-14(10-13)18-15(16(20)21)12-6-3-2-4-7-12/h2-10,15,18H,1H3,(H,17,19)(H,20,21). The maximum absolute atomic E-state index is 11.4. The van der Waals surface area contributed by atoms with Crippen molar-refractivity contribution in [3.05, 3.63) is 60.2 Å². The van der Waals surface area contributed by atoms with E-state index >= 15 is 0 Å². The molecule has 21 heavy (non-hydrogen) atoms. The van der Waals surface area contributed by atoms with Crippen molar-refractivity contribution in [2.24, 2.45) is 0 Å². The van der Waals surface area contributed by atoms with Gasteiger partial charge in [0.05, 0.1) is 0 Å². The molecule has 0 spiro atoms. The third-order valence-electron chi connectivity index (χ3n) is 2.87. The van der Waals surface area contributed by atoms with Gasteiger partial charge in [0.2, 0.25) is 5.91 Å². The smallest absolute Gasteiger partial charge is 0.330 e. The highest BCUT2D eigenvalue weighted by molar-refractivity contribution is 5.89. The SMILES string of the molecule is CC(=O)Nc1cccc(NC(C(=O)O)c2ccccc2)c1. The van der Waals surface area contributed by atoms with Gasteiger partial charge < -0.3 is 15.7 Å². The van der Waals surface area contributed by atoms with Crippen molar-refractivity contribution in [2.75, 3.05) is 10.6 Å². The highest BCUT2D eigenvalue weighted by Gasteiger charge is 2.19. The molecule has 2 rings (SSSR count). The van der Waals surface area contributed by atoms with Crippen LogP contribution in [0.3, 0.4) is 0 Å². The van der Waals surface area contributed by atoms with Gasteiger partial charge in [-0.05, 0) is 23.8 Å². The Morgan fingerprint density at radius 1 is 1.00 bits per heavy atom. The molecule has 3 N–H and O–H groups in total. The summed E-state index contributed by atoms with van der Waals surface area (Å²) in [4.78, 5) is 22.5. The second-order valence-corrected chi connectivity index (χ2v) is 4.59. The van der Waals surface area contributed by atoms with Crippen molar-refractivity contribution in [3.8, 4) is 0 Å². The zero-order valence-electron chi connectivity index (χ0n) is 11.5. The Morgan fingerprint density at radius 2 is 1.67 bits per heavy atom. The van der Waals surface area contributed by atoms with E-state index in [1.807, 2.05) is 6.07 Å². The van der Waals surface area contributed by atoms with Crippen LogP contribution >= 0.6 is 0 Å². The van der Waals surface area contributed by atoms with Gasteiger partial charge in [-0.3, -0.25) is 4.79 Å². The van der Waals surface area contributed by atoms with E-state index in [2.05, 4.69) is 10.6 Å². The maximum Gasteiger partial charge on any atom is 0.330 e. The van der Waals surface area contributed by atoms with Gasteiger partial charge >= 0.3 is 5.97 Å². The minimum absolute atomic E-state index is 0.176. The average Bonchev–Trinajstić information content (AvgIpc) is 2.45. The lowest BCUT2D eigenvalue weighted by Crippen LogP contribution is -2.20. The Balaban J connectivity index is 2.22. The van der Waals surface area contributed by atoms with E-state index in [9.17, 15) is 14.7 Å². The van der Waals surface area contributed by atoms with Crippen molar-refractivity contribution < 1.29 is 14.7 Å². The zero-order valence-corrected chi connectivity index (χ0v) is 11.5. The molecular formula is C16H16N2O3. The Kier molecular flexibility index (Phi) is 4.56. The van der Waals surface area contributed by atoms with Crippen molar-refractivity contribution in [1.29, 1.82) is 0 Å². The average molecular weight is 284 g/mol. The summed E-state index contributed by atoms with van der Waals surface area (Å²) in [6.07, 6.45) is 0. The second kappa shape index (κ2) is 6.56. The summed E-state index contributed by atoms with van der Waals surface area (Å²) in [5, 5.41) is 15.0. The molecule has 1 amide bonds. The number of carbonyl (C=O) groups excluding carboxylic acids is 1. The highest BCUT2D eigenvalue weighted by Crippen LogP contribution is 2.22. The maximum atomic E-state index is 11.4. The van der Waals surface area contributed by atoms with Crippen LogP contribution in [-0.2, 0) is 9.59 Å². The van der Waals surface area contributed by atoms with Crippen LogP contribution in [0.15, 0.2) is 54.6 Å². The predicted octanol–water partition coefficient (Wildman–Crippen LogP) is 2.88. The zero-order chi connectivity index (χ0) is 15.2. The molecular weight excluding hydrogens is 268 g/mol. The number of anilines is 2. The van der Waals surface area contributed by atoms with Gasteiger partial charge in [-0.15, -0.1) is 0 Å². The molecule has 0 saturated heterocycles. The molecule has 5 nitrogen and oxygen atoms in total. The summed E-state index contributed by atoms with van der Waals surface area (Å²) < 4.78 is 0. The van der Waals surface area contributed by atoms with Crippen LogP contribution in [0, 0.1) is 0 Å². The van der Waals surface area contributed by atoms with Crippen LogP contribution in [-0.4, -0.2) is 17.0 Å². The van der Waals surface area contributed by atoms with E-state index in [-0.39, 0.29) is 5.91 Å². The molecule has 0 bridgehead atoms. The number of rotatable bonds is 5. The highest BCUT2D eigenvalue weighted by atomic mass is 16.4. The fraction of sp³-hybridized carbons (Fsp3) is 0.125. The van der Waals surface area contributed by atoms with Gasteiger partial charge in [-0.2, -0.15) is 0 Å². The molecule has 5 heteroatoms. The summed E-state index contributed by atoms with van der Waals surface area (Å²) in [6, 6.07) is 15.0. The largest absolute Gasteiger partial charge is 0.479 e. The molecule has 0 radical (unpaired) electrons. The minimum Gasteiger partial charge on any atom is -0.479 e. The van der Waals surface area contributed by atoms with E-state index in [0.717, 1.165) is 0 Å². The Labute approximate surface area is 122 Å². The first-order valence-corrected chi connectivity index (χ1v) is 6.48. The molecule has 1 atom stereocenters. The topological polar surface area (TPSA) is 78.4 Å². The number of amides is 1. The molecule has 0 saturated carbocycles. The fourth-order valence-corrected chi connectivity index (χ4v) is 1.99. The Morgan fingerprint density at radius 3 is 2.29 bits per heavy atom. The monoisotopic (exact) mass is 284 g/mol. The molecule has 2 aromatic carbocycles. The summed E-state index contributed by atoms with van der Waals surface area (Å²) in [5.74, 6) is -1.14. The lowest BCUT2D eigenvalue weighted by Gasteiger charge is -2.16. The summed E-state index contributed by atoms with van der Waals surface area (Å²) in [5.41, 5.74) is 1.90. The van der Waals surface area contributed by atoms with Crippen LogP contribution < -0.4 is 10.6 Å². The number of carbonyl (C=O) groups is 2. The number of nitrogens with one attached hydrogen (secondary N) is 2. The lowest BCUT2D eigenvalue weighted by atomic mass is 10.1. The van der Waals surface area contributed by atoms with Crippen LogP contribution in [0.25, 0.3) is 0 Å². The second-order valence-electron chi connectivity index (χ2n) is 4.59. The predicted molar refractivity (Wildman–Crippen MR) is 81.2 cm³/mol. The first-order valence-electron chi connectivity index (χ1n) is 6.48. The normalized spacial score (nSPS) is 11.5. The molecule has 108 valence electrons. The van der Waals surface area contributed by atoms with Gasteiger partial charge in [0, 0.05) is 18.3 Å². The van der Waals surface area contributed by atoms with E-state index < -0.39 is 12.0 Å². The Hall–Kier alpha value is -2.82. The van der Waals surface area contributed by atoms with E-state index in [0.29, 0.717) is 16.9 Å². The number of hydrogen-bond acceptors (Lipinski definition) is 3. The summed E-state index contributed by atoms with van der Waals surface area (Å²) in [7, 11) is 0. The van der Waals surface area contributed by atoms with Crippen LogP contribution in [0.4, 0.5) is 11.4 Å². The first-order chi connectivity index (χ1) is 10.1.